The fraction of sp³-hybridized carbons (Fsp3) is 0.227. The molecule has 0 saturated carbocycles. The van der Waals surface area contributed by atoms with Crippen LogP contribution in [-0.4, -0.2) is 28.8 Å². The molecule has 0 radical (unpaired) electrons. The maximum absolute atomic E-state index is 12.1. The van der Waals surface area contributed by atoms with Gasteiger partial charge in [-0.2, -0.15) is 0 Å². The third-order valence-electron chi connectivity index (χ3n) is 4.64. The molecular formula is C22H21N3O2S3. The summed E-state index contributed by atoms with van der Waals surface area (Å²) in [6.07, 6.45) is 4.07. The van der Waals surface area contributed by atoms with Crippen LogP contribution < -0.4 is 5.73 Å². The second kappa shape index (κ2) is 9.16. The van der Waals surface area contributed by atoms with Crippen molar-refractivity contribution in [1.29, 1.82) is 0 Å². The zero-order valence-electron chi connectivity index (χ0n) is 16.7. The Morgan fingerprint density at radius 2 is 2.17 bits per heavy atom. The first-order valence-corrected chi connectivity index (χ1v) is 12.2. The minimum atomic E-state index is -0.364. The number of ether oxygens (including phenoxy) is 1. The number of thiophene rings is 1. The molecule has 5 nitrogen and oxygen atoms in total. The average Bonchev–Trinajstić information content (AvgIpc) is 3.42. The predicted molar refractivity (Wildman–Crippen MR) is 128 cm³/mol. The van der Waals surface area contributed by atoms with Crippen molar-refractivity contribution in [3.05, 3.63) is 47.5 Å². The van der Waals surface area contributed by atoms with Gasteiger partial charge in [0.05, 0.1) is 22.6 Å². The molecule has 8 heteroatoms. The van der Waals surface area contributed by atoms with Crippen molar-refractivity contribution < 1.29 is 9.53 Å². The molecule has 0 spiro atoms. The number of rotatable bonds is 7. The highest BCUT2D eigenvalue weighted by Crippen LogP contribution is 2.45. The van der Waals surface area contributed by atoms with Crippen LogP contribution in [-0.2, 0) is 4.74 Å². The van der Waals surface area contributed by atoms with Crippen molar-refractivity contribution >= 4 is 56.3 Å². The lowest BCUT2D eigenvalue weighted by Crippen LogP contribution is -2.01. The maximum atomic E-state index is 12.1. The summed E-state index contributed by atoms with van der Waals surface area (Å²) in [4.78, 5) is 22.2. The highest BCUT2D eigenvalue weighted by Gasteiger charge is 2.19. The molecular weight excluding hydrogens is 434 g/mol. The van der Waals surface area contributed by atoms with Crippen LogP contribution in [0.25, 0.3) is 32.0 Å². The number of hydrogen-bond donors (Lipinski definition) is 1. The van der Waals surface area contributed by atoms with E-state index in [0.717, 1.165) is 60.5 Å². The Kier molecular flexibility index (Phi) is 6.36. The second-order valence-electron chi connectivity index (χ2n) is 6.65. The number of aromatic nitrogens is 2. The fourth-order valence-electron chi connectivity index (χ4n) is 3.14. The number of carbonyl (C=O) groups excluding carboxylic acids is 1. The molecule has 3 heterocycles. The number of fused-ring (bicyclic) bond motifs is 1. The number of pyridine rings is 1. The Bertz CT molecular complexity index is 1190. The van der Waals surface area contributed by atoms with E-state index in [1.165, 1.54) is 7.11 Å². The van der Waals surface area contributed by atoms with Crippen LogP contribution in [0, 0.1) is 0 Å². The van der Waals surface area contributed by atoms with E-state index < -0.39 is 0 Å². The van der Waals surface area contributed by atoms with Gasteiger partial charge < -0.3 is 10.5 Å². The van der Waals surface area contributed by atoms with Gasteiger partial charge in [-0.1, -0.05) is 25.5 Å². The number of nitrogen functional groups attached to an aromatic ring is 1. The molecule has 154 valence electrons. The lowest BCUT2D eigenvalue weighted by atomic mass is 10.00. The van der Waals surface area contributed by atoms with Crippen LogP contribution in [0.2, 0.25) is 0 Å². The first-order chi connectivity index (χ1) is 14.6. The summed E-state index contributed by atoms with van der Waals surface area (Å²) >= 11 is 4.95. The third-order valence-corrected chi connectivity index (χ3v) is 7.91. The Morgan fingerprint density at radius 3 is 2.90 bits per heavy atom. The van der Waals surface area contributed by atoms with Gasteiger partial charge in [-0.3, -0.25) is 0 Å². The van der Waals surface area contributed by atoms with Crippen LogP contribution in [0.5, 0.6) is 0 Å². The second-order valence-corrected chi connectivity index (χ2v) is 9.91. The SMILES string of the molecule is CCCCSc1sc2nc(-c3nccs3)cc(-c3cccc(C(=O)OC)c3)c2c1N. The highest BCUT2D eigenvalue weighted by molar-refractivity contribution is 8.01. The quantitative estimate of drug-likeness (QED) is 0.199. The smallest absolute Gasteiger partial charge is 0.337 e. The summed E-state index contributed by atoms with van der Waals surface area (Å²) in [6.45, 7) is 2.18. The number of hydrogen-bond acceptors (Lipinski definition) is 8. The molecule has 0 aliphatic heterocycles. The number of esters is 1. The summed E-state index contributed by atoms with van der Waals surface area (Å²) in [7, 11) is 1.39. The van der Waals surface area contributed by atoms with E-state index in [4.69, 9.17) is 15.5 Å². The molecule has 4 aromatic rings. The van der Waals surface area contributed by atoms with Gasteiger partial charge in [-0.25, -0.2) is 14.8 Å². The fourth-order valence-corrected chi connectivity index (χ4v) is 6.19. The predicted octanol–water partition coefficient (Wildman–Crippen LogP) is 6.35. The number of nitrogens with zero attached hydrogens (tertiary/aromatic N) is 2. The van der Waals surface area contributed by atoms with E-state index in [-0.39, 0.29) is 5.97 Å². The molecule has 0 atom stereocenters. The summed E-state index contributed by atoms with van der Waals surface area (Å²) < 4.78 is 5.98. The monoisotopic (exact) mass is 455 g/mol. The van der Waals surface area contributed by atoms with Gasteiger partial charge >= 0.3 is 5.97 Å². The van der Waals surface area contributed by atoms with E-state index in [1.807, 2.05) is 29.6 Å². The Labute approximate surface area is 187 Å². The lowest BCUT2D eigenvalue weighted by Gasteiger charge is -2.09. The zero-order chi connectivity index (χ0) is 21.1. The van der Waals surface area contributed by atoms with E-state index in [1.54, 1.807) is 46.7 Å². The van der Waals surface area contributed by atoms with E-state index in [2.05, 4.69) is 11.9 Å². The molecule has 3 aromatic heterocycles. The van der Waals surface area contributed by atoms with Crippen molar-refractivity contribution in [1.82, 2.24) is 9.97 Å². The molecule has 0 fully saturated rings. The standard InChI is InChI=1S/C22H21N3O2S3/c1-3-4-9-29-22-18(23)17-15(13-6-5-7-14(11-13)21(26)27-2)12-16(25-20(17)30-22)19-24-8-10-28-19/h5-8,10-12H,3-4,9,23H2,1-2H3. The van der Waals surface area contributed by atoms with Crippen LogP contribution in [0.4, 0.5) is 5.69 Å². The van der Waals surface area contributed by atoms with E-state index >= 15 is 0 Å². The topological polar surface area (TPSA) is 78.1 Å². The van der Waals surface area contributed by atoms with Gasteiger partial charge in [0.2, 0.25) is 0 Å². The lowest BCUT2D eigenvalue weighted by molar-refractivity contribution is 0.0601. The van der Waals surface area contributed by atoms with Gasteiger partial charge in [-0.05, 0) is 41.5 Å². The molecule has 0 unspecified atom stereocenters. The van der Waals surface area contributed by atoms with Gasteiger partial charge in [0.25, 0.3) is 0 Å². The molecule has 0 aliphatic rings. The average molecular weight is 456 g/mol. The first-order valence-electron chi connectivity index (χ1n) is 9.56. The van der Waals surface area contributed by atoms with Crippen molar-refractivity contribution in [2.75, 3.05) is 18.6 Å². The van der Waals surface area contributed by atoms with E-state index in [9.17, 15) is 4.79 Å². The van der Waals surface area contributed by atoms with Crippen molar-refractivity contribution in [3.63, 3.8) is 0 Å². The minimum Gasteiger partial charge on any atom is -0.465 e. The normalized spacial score (nSPS) is 11.1. The highest BCUT2D eigenvalue weighted by atomic mass is 32.2. The number of methoxy groups -OCH3 is 1. The first kappa shape index (κ1) is 20.8. The number of unbranched alkanes of at least 4 members (excludes halogenated alkanes) is 1. The van der Waals surface area contributed by atoms with Crippen molar-refractivity contribution in [2.45, 2.75) is 24.0 Å². The number of benzene rings is 1. The Balaban J connectivity index is 1.91. The van der Waals surface area contributed by atoms with Gasteiger partial charge in [-0.15, -0.1) is 34.4 Å². The largest absolute Gasteiger partial charge is 0.465 e. The van der Waals surface area contributed by atoms with E-state index in [0.29, 0.717) is 5.56 Å². The summed E-state index contributed by atoms with van der Waals surface area (Å²) in [5.74, 6) is 0.663. The number of thiazole rings is 1. The number of anilines is 1. The number of thioether (sulfide) groups is 1. The number of nitrogens with two attached hydrogens (primary N) is 1. The van der Waals surface area contributed by atoms with Gasteiger partial charge in [0.15, 0.2) is 0 Å². The Hall–Kier alpha value is -2.42. The molecule has 2 N–H and O–H groups in total. The summed E-state index contributed by atoms with van der Waals surface area (Å²) in [5, 5.41) is 3.73. The van der Waals surface area contributed by atoms with Crippen molar-refractivity contribution in [2.24, 2.45) is 0 Å². The molecule has 30 heavy (non-hydrogen) atoms. The molecule has 0 bridgehead atoms. The van der Waals surface area contributed by atoms with Gasteiger partial charge in [0.1, 0.15) is 15.5 Å². The Morgan fingerprint density at radius 1 is 1.30 bits per heavy atom. The van der Waals surface area contributed by atoms with Crippen LogP contribution in [0.3, 0.4) is 0 Å². The molecule has 0 aliphatic carbocycles. The summed E-state index contributed by atoms with van der Waals surface area (Å²) in [5.41, 5.74) is 10.5. The van der Waals surface area contributed by atoms with Crippen LogP contribution in [0.1, 0.15) is 30.1 Å². The molecule has 0 amide bonds. The molecule has 1 aromatic carbocycles. The zero-order valence-corrected chi connectivity index (χ0v) is 19.1. The van der Waals surface area contributed by atoms with Crippen molar-refractivity contribution in [3.8, 4) is 21.8 Å². The van der Waals surface area contributed by atoms with Gasteiger partial charge in [0, 0.05) is 17.0 Å². The third kappa shape index (κ3) is 4.08. The summed E-state index contributed by atoms with van der Waals surface area (Å²) in [6, 6.07) is 9.44. The van der Waals surface area contributed by atoms with Crippen LogP contribution in [0.15, 0.2) is 46.1 Å². The number of carbonyl (C=O) groups is 1. The molecule has 0 saturated heterocycles. The molecule has 4 rings (SSSR count). The minimum absolute atomic E-state index is 0.364. The van der Waals surface area contributed by atoms with Crippen LogP contribution >= 0.6 is 34.4 Å². The maximum Gasteiger partial charge on any atom is 0.337 e.